The van der Waals surface area contributed by atoms with E-state index in [1.54, 1.807) is 11.3 Å². The Morgan fingerprint density at radius 1 is 1.23 bits per heavy atom. The van der Waals surface area contributed by atoms with Gasteiger partial charge in [0.15, 0.2) is 0 Å². The fourth-order valence-corrected chi connectivity index (χ4v) is 4.90. The summed E-state index contributed by atoms with van der Waals surface area (Å²) in [6, 6.07) is 17.5. The number of hydrogen-bond donors (Lipinski definition) is 0. The van der Waals surface area contributed by atoms with Crippen LogP contribution < -0.4 is 4.31 Å². The molecule has 1 heterocycles. The molecule has 2 nitrogen and oxygen atoms in total. The van der Waals surface area contributed by atoms with Crippen LogP contribution in [0.2, 0.25) is 5.02 Å². The predicted octanol–water partition coefficient (Wildman–Crippen LogP) is 6.90. The number of nitrogens with zero attached hydrogens (tertiary/aromatic N) is 1. The second-order valence-electron chi connectivity index (χ2n) is 5.71. The minimum atomic E-state index is -1.33. The number of halogens is 2. The van der Waals surface area contributed by atoms with Crippen LogP contribution in [-0.4, -0.2) is 4.21 Å². The monoisotopic (exact) mass is 465 g/mol. The lowest BCUT2D eigenvalue weighted by atomic mass is 10.2. The highest BCUT2D eigenvalue weighted by molar-refractivity contribution is 9.10. The smallest absolute Gasteiger partial charge is 0.148 e. The molecule has 134 valence electrons. The van der Waals surface area contributed by atoms with Gasteiger partial charge in [0.2, 0.25) is 0 Å². The third-order valence-electron chi connectivity index (χ3n) is 3.70. The maximum atomic E-state index is 13.3. The highest BCUT2D eigenvalue weighted by Gasteiger charge is 2.17. The normalized spacial score (nSPS) is 12.8. The van der Waals surface area contributed by atoms with Gasteiger partial charge in [-0.2, -0.15) is 11.3 Å². The number of rotatable bonds is 6. The molecule has 0 N–H and O–H groups in total. The van der Waals surface area contributed by atoms with Crippen molar-refractivity contribution in [3.05, 3.63) is 90.9 Å². The van der Waals surface area contributed by atoms with Crippen LogP contribution in [0.1, 0.15) is 18.1 Å². The molecule has 0 aliphatic heterocycles. The van der Waals surface area contributed by atoms with Crippen molar-refractivity contribution < 1.29 is 4.21 Å². The van der Waals surface area contributed by atoms with Gasteiger partial charge in [-0.15, -0.1) is 0 Å². The summed E-state index contributed by atoms with van der Waals surface area (Å²) in [6.45, 7) is 2.45. The van der Waals surface area contributed by atoms with E-state index in [0.29, 0.717) is 11.6 Å². The molecule has 1 unspecified atom stereocenters. The average Bonchev–Trinajstić information content (AvgIpc) is 3.12. The summed E-state index contributed by atoms with van der Waals surface area (Å²) >= 11 is 11.3. The Labute approximate surface area is 173 Å². The number of allylic oxidation sites excluding steroid dienone is 1. The van der Waals surface area contributed by atoms with Crippen LogP contribution in [0.4, 0.5) is 5.69 Å². The molecule has 26 heavy (non-hydrogen) atoms. The minimum Gasteiger partial charge on any atom is -0.284 e. The zero-order valence-electron chi connectivity index (χ0n) is 14.1. The van der Waals surface area contributed by atoms with Crippen LogP contribution in [0.5, 0.6) is 0 Å². The number of thiophene rings is 1. The standard InChI is InChI=1S/C20H17BrClNOS2/c1-15(10-16-4-2-5-18(21)11-16)26(24)23(13-17-8-9-25-14-17)20-7-3-6-19(22)12-20/h2-12,14H,13H2,1H3. The molecule has 2 aromatic carbocycles. The summed E-state index contributed by atoms with van der Waals surface area (Å²) in [5.74, 6) is 0. The largest absolute Gasteiger partial charge is 0.284 e. The molecule has 0 amide bonds. The zero-order valence-corrected chi connectivity index (χ0v) is 18.0. The van der Waals surface area contributed by atoms with Crippen molar-refractivity contribution in [3.63, 3.8) is 0 Å². The summed E-state index contributed by atoms with van der Waals surface area (Å²) in [5, 5.41) is 4.73. The third kappa shape index (κ3) is 5.07. The van der Waals surface area contributed by atoms with Crippen molar-refractivity contribution in [1.82, 2.24) is 0 Å². The van der Waals surface area contributed by atoms with E-state index in [0.717, 1.165) is 26.2 Å². The van der Waals surface area contributed by atoms with E-state index in [-0.39, 0.29) is 0 Å². The van der Waals surface area contributed by atoms with Gasteiger partial charge in [-0.3, -0.25) is 4.31 Å². The van der Waals surface area contributed by atoms with E-state index in [2.05, 4.69) is 21.3 Å². The Hall–Kier alpha value is -1.40. The summed E-state index contributed by atoms with van der Waals surface area (Å²) in [5.41, 5.74) is 2.97. The van der Waals surface area contributed by atoms with Crippen molar-refractivity contribution in [3.8, 4) is 0 Å². The van der Waals surface area contributed by atoms with Gasteiger partial charge in [-0.25, -0.2) is 4.21 Å². The first kappa shape index (κ1) is 19.4. The maximum Gasteiger partial charge on any atom is 0.148 e. The first-order chi connectivity index (χ1) is 12.5. The van der Waals surface area contributed by atoms with Gasteiger partial charge in [0.05, 0.1) is 12.2 Å². The molecule has 3 aromatic rings. The van der Waals surface area contributed by atoms with Crippen molar-refractivity contribution >= 4 is 61.6 Å². The molecule has 0 radical (unpaired) electrons. The number of hydrogen-bond acceptors (Lipinski definition) is 2. The second kappa shape index (κ2) is 9.00. The fraction of sp³-hybridized carbons (Fsp3) is 0.100. The van der Waals surface area contributed by atoms with Crippen LogP contribution in [0.15, 0.2) is 74.7 Å². The molecular weight excluding hydrogens is 450 g/mol. The molecule has 0 saturated heterocycles. The summed E-state index contributed by atoms with van der Waals surface area (Å²) < 4.78 is 16.2. The van der Waals surface area contributed by atoms with Gasteiger partial charge in [0.1, 0.15) is 11.0 Å². The van der Waals surface area contributed by atoms with Crippen LogP contribution in [-0.2, 0) is 17.5 Å². The van der Waals surface area contributed by atoms with Gasteiger partial charge >= 0.3 is 0 Å². The molecular formula is C20H17BrClNOS2. The fourth-order valence-electron chi connectivity index (χ4n) is 2.48. The van der Waals surface area contributed by atoms with E-state index in [1.807, 2.05) is 77.3 Å². The molecule has 0 bridgehead atoms. The van der Waals surface area contributed by atoms with E-state index in [1.165, 1.54) is 0 Å². The molecule has 0 aliphatic carbocycles. The first-order valence-corrected chi connectivity index (χ1v) is 11.1. The Morgan fingerprint density at radius 2 is 2.04 bits per heavy atom. The van der Waals surface area contributed by atoms with Crippen molar-refractivity contribution in [2.24, 2.45) is 0 Å². The van der Waals surface area contributed by atoms with Crippen molar-refractivity contribution in [2.75, 3.05) is 4.31 Å². The number of anilines is 1. The average molecular weight is 467 g/mol. The topological polar surface area (TPSA) is 20.3 Å². The van der Waals surface area contributed by atoms with E-state index in [9.17, 15) is 4.21 Å². The van der Waals surface area contributed by atoms with E-state index >= 15 is 0 Å². The lowest BCUT2D eigenvalue weighted by molar-refractivity contribution is 0.683. The molecule has 1 aromatic heterocycles. The van der Waals surface area contributed by atoms with Crippen LogP contribution in [0, 0.1) is 0 Å². The Kier molecular flexibility index (Phi) is 6.70. The Morgan fingerprint density at radius 3 is 2.73 bits per heavy atom. The molecule has 0 saturated carbocycles. The summed E-state index contributed by atoms with van der Waals surface area (Å²) in [7, 11) is -1.33. The second-order valence-corrected chi connectivity index (χ2v) is 9.42. The van der Waals surface area contributed by atoms with E-state index in [4.69, 9.17) is 11.6 Å². The SMILES string of the molecule is CC(=Cc1cccc(Br)c1)S(=O)N(Cc1ccsc1)c1cccc(Cl)c1. The zero-order chi connectivity index (χ0) is 18.5. The summed E-state index contributed by atoms with van der Waals surface area (Å²) in [6.07, 6.45) is 1.95. The van der Waals surface area contributed by atoms with Crippen LogP contribution >= 0.6 is 38.9 Å². The van der Waals surface area contributed by atoms with Gasteiger partial charge in [-0.1, -0.05) is 45.7 Å². The molecule has 1 atom stereocenters. The maximum absolute atomic E-state index is 13.3. The molecule has 6 heteroatoms. The van der Waals surface area contributed by atoms with Crippen LogP contribution in [0.25, 0.3) is 6.08 Å². The van der Waals surface area contributed by atoms with Gasteiger partial charge in [0, 0.05) is 14.4 Å². The third-order valence-corrected chi connectivity index (χ3v) is 6.57. The Balaban J connectivity index is 1.93. The molecule has 3 rings (SSSR count). The van der Waals surface area contributed by atoms with Gasteiger partial charge in [-0.05, 0) is 71.3 Å². The molecule has 0 fully saturated rings. The summed E-state index contributed by atoms with van der Waals surface area (Å²) in [4.78, 5) is 0.776. The quantitative estimate of drug-likeness (QED) is 0.387. The van der Waals surface area contributed by atoms with Crippen molar-refractivity contribution in [2.45, 2.75) is 13.5 Å². The van der Waals surface area contributed by atoms with Gasteiger partial charge in [0.25, 0.3) is 0 Å². The van der Waals surface area contributed by atoms with Crippen molar-refractivity contribution in [1.29, 1.82) is 0 Å². The predicted molar refractivity (Wildman–Crippen MR) is 118 cm³/mol. The molecule has 0 spiro atoms. The Bertz CT molecular complexity index is 940. The van der Waals surface area contributed by atoms with Gasteiger partial charge < -0.3 is 0 Å². The molecule has 0 aliphatic rings. The highest BCUT2D eigenvalue weighted by Crippen LogP contribution is 2.27. The lowest BCUT2D eigenvalue weighted by Gasteiger charge is -2.23. The highest BCUT2D eigenvalue weighted by atomic mass is 79.9. The lowest BCUT2D eigenvalue weighted by Crippen LogP contribution is -2.25. The minimum absolute atomic E-state index is 0.556. The van der Waals surface area contributed by atoms with Crippen LogP contribution in [0.3, 0.4) is 0 Å². The first-order valence-electron chi connectivity index (χ1n) is 7.93. The number of benzene rings is 2. The van der Waals surface area contributed by atoms with E-state index < -0.39 is 11.0 Å².